The predicted molar refractivity (Wildman–Crippen MR) is 82.6 cm³/mol. The van der Waals surface area contributed by atoms with Gasteiger partial charge in [0.05, 0.1) is 7.11 Å². The van der Waals surface area contributed by atoms with E-state index in [0.29, 0.717) is 5.92 Å². The lowest BCUT2D eigenvalue weighted by atomic mass is 9.93. The summed E-state index contributed by atoms with van der Waals surface area (Å²) in [4.78, 5) is 0. The summed E-state index contributed by atoms with van der Waals surface area (Å²) in [5.74, 6) is 1.55. The summed E-state index contributed by atoms with van der Waals surface area (Å²) in [5, 5.41) is 0. The maximum atomic E-state index is 5.90. The molecule has 1 atom stereocenters. The number of methoxy groups -OCH3 is 1. The van der Waals surface area contributed by atoms with Gasteiger partial charge in [-0.3, -0.25) is 0 Å². The van der Waals surface area contributed by atoms with Crippen molar-refractivity contribution in [3.05, 3.63) is 29.8 Å². The molecular weight excluding hydrogens is 234 g/mol. The van der Waals surface area contributed by atoms with Gasteiger partial charge in [0.2, 0.25) is 0 Å². The third-order valence-electron chi connectivity index (χ3n) is 3.71. The molecule has 19 heavy (non-hydrogen) atoms. The van der Waals surface area contributed by atoms with Crippen molar-refractivity contribution in [2.45, 2.75) is 51.9 Å². The van der Waals surface area contributed by atoms with E-state index in [2.05, 4.69) is 25.1 Å². The Labute approximate surface area is 118 Å². The van der Waals surface area contributed by atoms with Crippen molar-refractivity contribution in [3.8, 4) is 5.75 Å². The third kappa shape index (κ3) is 6.63. The molecule has 0 radical (unpaired) electrons. The van der Waals surface area contributed by atoms with Crippen LogP contribution in [-0.2, 0) is 6.42 Å². The first-order chi connectivity index (χ1) is 9.30. The van der Waals surface area contributed by atoms with Crippen LogP contribution in [0.4, 0.5) is 0 Å². The average molecular weight is 263 g/mol. The number of benzene rings is 1. The molecule has 0 aliphatic rings. The van der Waals surface area contributed by atoms with Gasteiger partial charge in [0, 0.05) is 0 Å². The molecule has 1 aromatic carbocycles. The van der Waals surface area contributed by atoms with Crippen LogP contribution in [-0.4, -0.2) is 13.7 Å². The van der Waals surface area contributed by atoms with Crippen molar-refractivity contribution in [2.75, 3.05) is 13.7 Å². The Morgan fingerprint density at radius 3 is 2.63 bits per heavy atom. The Morgan fingerprint density at radius 1 is 1.16 bits per heavy atom. The molecule has 108 valence electrons. The molecule has 0 bridgehead atoms. The monoisotopic (exact) mass is 263 g/mol. The molecule has 2 nitrogen and oxygen atoms in total. The number of rotatable bonds is 10. The zero-order valence-corrected chi connectivity index (χ0v) is 12.5. The van der Waals surface area contributed by atoms with E-state index in [1.165, 1.54) is 44.1 Å². The van der Waals surface area contributed by atoms with E-state index in [1.807, 2.05) is 6.07 Å². The van der Waals surface area contributed by atoms with Crippen LogP contribution in [0.25, 0.3) is 0 Å². The standard InChI is InChI=1S/C17H29NO/c1-3-4-5-6-7-9-16(14-18)12-15-10-8-11-17(13-15)19-2/h8,10-11,13,16H,3-7,9,12,14,18H2,1-2H3. The van der Waals surface area contributed by atoms with E-state index in [4.69, 9.17) is 10.5 Å². The van der Waals surface area contributed by atoms with Crippen LogP contribution < -0.4 is 10.5 Å². The molecule has 1 aromatic rings. The Morgan fingerprint density at radius 2 is 1.95 bits per heavy atom. The second kappa shape index (κ2) is 9.85. The van der Waals surface area contributed by atoms with Gasteiger partial charge in [0.1, 0.15) is 5.75 Å². The molecule has 0 aliphatic carbocycles. The highest BCUT2D eigenvalue weighted by atomic mass is 16.5. The quantitative estimate of drug-likeness (QED) is 0.643. The lowest BCUT2D eigenvalue weighted by Gasteiger charge is -2.15. The Hall–Kier alpha value is -1.02. The van der Waals surface area contributed by atoms with Crippen LogP contribution in [0.2, 0.25) is 0 Å². The largest absolute Gasteiger partial charge is 0.497 e. The zero-order chi connectivity index (χ0) is 13.9. The summed E-state index contributed by atoms with van der Waals surface area (Å²) in [6.45, 7) is 3.04. The highest BCUT2D eigenvalue weighted by Gasteiger charge is 2.08. The van der Waals surface area contributed by atoms with Crippen LogP contribution in [0.5, 0.6) is 5.75 Å². The molecule has 2 heteroatoms. The van der Waals surface area contributed by atoms with Crippen molar-refractivity contribution in [2.24, 2.45) is 11.7 Å². The molecule has 0 fully saturated rings. The summed E-state index contributed by atoms with van der Waals surface area (Å²) in [7, 11) is 1.72. The van der Waals surface area contributed by atoms with Crippen LogP contribution in [0, 0.1) is 5.92 Å². The van der Waals surface area contributed by atoms with Gasteiger partial charge in [-0.15, -0.1) is 0 Å². The average Bonchev–Trinajstić information content (AvgIpc) is 2.46. The summed E-state index contributed by atoms with van der Waals surface area (Å²) in [6, 6.07) is 8.34. The van der Waals surface area contributed by atoms with Crippen molar-refractivity contribution >= 4 is 0 Å². The van der Waals surface area contributed by atoms with Crippen LogP contribution in [0.3, 0.4) is 0 Å². The van der Waals surface area contributed by atoms with Gasteiger partial charge in [-0.2, -0.15) is 0 Å². The fourth-order valence-corrected chi connectivity index (χ4v) is 2.47. The molecule has 1 rings (SSSR count). The highest BCUT2D eigenvalue weighted by molar-refractivity contribution is 5.28. The molecule has 0 aliphatic heterocycles. The number of unbranched alkanes of at least 4 members (excludes halogenated alkanes) is 4. The molecular formula is C17H29NO. The van der Waals surface area contributed by atoms with Gasteiger partial charge >= 0.3 is 0 Å². The molecule has 0 saturated heterocycles. The van der Waals surface area contributed by atoms with Gasteiger partial charge in [-0.1, -0.05) is 51.2 Å². The van der Waals surface area contributed by atoms with Gasteiger partial charge < -0.3 is 10.5 Å². The van der Waals surface area contributed by atoms with Gasteiger partial charge in [-0.05, 0) is 43.0 Å². The normalized spacial score (nSPS) is 12.4. The molecule has 0 amide bonds. The zero-order valence-electron chi connectivity index (χ0n) is 12.5. The van der Waals surface area contributed by atoms with E-state index in [1.54, 1.807) is 7.11 Å². The van der Waals surface area contributed by atoms with Crippen LogP contribution in [0.15, 0.2) is 24.3 Å². The fraction of sp³-hybridized carbons (Fsp3) is 0.647. The summed E-state index contributed by atoms with van der Waals surface area (Å²) >= 11 is 0. The summed E-state index contributed by atoms with van der Waals surface area (Å²) < 4.78 is 5.26. The van der Waals surface area contributed by atoms with Crippen molar-refractivity contribution < 1.29 is 4.74 Å². The first kappa shape index (κ1) is 16.0. The van der Waals surface area contributed by atoms with Gasteiger partial charge in [0.25, 0.3) is 0 Å². The second-order valence-electron chi connectivity index (χ2n) is 5.36. The lowest BCUT2D eigenvalue weighted by molar-refractivity contribution is 0.412. The lowest BCUT2D eigenvalue weighted by Crippen LogP contribution is -2.17. The maximum absolute atomic E-state index is 5.90. The first-order valence-corrected chi connectivity index (χ1v) is 7.63. The third-order valence-corrected chi connectivity index (χ3v) is 3.71. The van der Waals surface area contributed by atoms with E-state index < -0.39 is 0 Å². The van der Waals surface area contributed by atoms with E-state index in [0.717, 1.165) is 18.7 Å². The number of nitrogens with two attached hydrogens (primary N) is 1. The maximum Gasteiger partial charge on any atom is 0.119 e. The summed E-state index contributed by atoms with van der Waals surface area (Å²) in [6.07, 6.45) is 9.02. The van der Waals surface area contributed by atoms with Gasteiger partial charge in [0.15, 0.2) is 0 Å². The van der Waals surface area contributed by atoms with Gasteiger partial charge in [-0.25, -0.2) is 0 Å². The first-order valence-electron chi connectivity index (χ1n) is 7.63. The molecule has 0 spiro atoms. The topological polar surface area (TPSA) is 35.2 Å². The predicted octanol–water partition coefficient (Wildman–Crippen LogP) is 4.17. The van der Waals surface area contributed by atoms with E-state index in [-0.39, 0.29) is 0 Å². The molecule has 0 heterocycles. The number of hydrogen-bond donors (Lipinski definition) is 1. The Kier molecular flexibility index (Phi) is 8.31. The minimum Gasteiger partial charge on any atom is -0.497 e. The molecule has 1 unspecified atom stereocenters. The van der Waals surface area contributed by atoms with Crippen molar-refractivity contribution in [1.29, 1.82) is 0 Å². The fourth-order valence-electron chi connectivity index (χ4n) is 2.47. The Bertz CT molecular complexity index is 338. The number of hydrogen-bond acceptors (Lipinski definition) is 2. The minimum absolute atomic E-state index is 0.605. The SMILES string of the molecule is CCCCCCCC(CN)Cc1cccc(OC)c1. The van der Waals surface area contributed by atoms with Crippen molar-refractivity contribution in [1.82, 2.24) is 0 Å². The second-order valence-corrected chi connectivity index (χ2v) is 5.36. The van der Waals surface area contributed by atoms with E-state index in [9.17, 15) is 0 Å². The summed E-state index contributed by atoms with van der Waals surface area (Å²) in [5.41, 5.74) is 7.24. The van der Waals surface area contributed by atoms with Crippen molar-refractivity contribution in [3.63, 3.8) is 0 Å². The highest BCUT2D eigenvalue weighted by Crippen LogP contribution is 2.19. The molecule has 2 N–H and O–H groups in total. The molecule has 0 saturated carbocycles. The van der Waals surface area contributed by atoms with E-state index >= 15 is 0 Å². The minimum atomic E-state index is 0.605. The molecule has 0 aromatic heterocycles. The number of ether oxygens (including phenoxy) is 1. The smallest absolute Gasteiger partial charge is 0.119 e. The Balaban J connectivity index is 2.34. The van der Waals surface area contributed by atoms with Crippen LogP contribution >= 0.6 is 0 Å². The van der Waals surface area contributed by atoms with Crippen LogP contribution in [0.1, 0.15) is 51.0 Å².